The molecule has 0 amide bonds. The van der Waals surface area contributed by atoms with Gasteiger partial charge in [0.15, 0.2) is 0 Å². The number of hydrogen-bond acceptors (Lipinski definition) is 1. The van der Waals surface area contributed by atoms with Gasteiger partial charge in [-0.1, -0.05) is 61.9 Å². The molecule has 0 fully saturated rings. The minimum atomic E-state index is 0.292. The van der Waals surface area contributed by atoms with Gasteiger partial charge in [0.05, 0.1) is 0 Å². The Bertz CT molecular complexity index is 327. The van der Waals surface area contributed by atoms with Crippen molar-refractivity contribution in [3.63, 3.8) is 0 Å². The lowest BCUT2D eigenvalue weighted by atomic mass is 9.74. The summed E-state index contributed by atoms with van der Waals surface area (Å²) in [5, 5.41) is 3.55. The first-order valence-corrected chi connectivity index (χ1v) is 8.58. The zero-order chi connectivity index (χ0) is 16.5. The molecule has 0 aromatic rings. The van der Waals surface area contributed by atoms with Gasteiger partial charge in [0.2, 0.25) is 0 Å². The molecule has 22 heavy (non-hydrogen) atoms. The van der Waals surface area contributed by atoms with E-state index < -0.39 is 0 Å². The molecule has 0 heterocycles. The van der Waals surface area contributed by atoms with E-state index in [0.29, 0.717) is 12.0 Å². The van der Waals surface area contributed by atoms with Gasteiger partial charge in [0, 0.05) is 11.5 Å². The van der Waals surface area contributed by atoms with Crippen LogP contribution in [0.2, 0.25) is 0 Å². The fraction of sp³-hybridized carbons (Fsp3) is 0.684. The molecule has 0 unspecified atom stereocenters. The van der Waals surface area contributed by atoms with Gasteiger partial charge in [-0.25, -0.2) is 0 Å². The summed E-state index contributed by atoms with van der Waals surface area (Å²) in [6.45, 7) is 12.4. The summed E-state index contributed by atoms with van der Waals surface area (Å²) in [7, 11) is 0. The third-order valence-corrected chi connectivity index (χ3v) is 4.26. The van der Waals surface area contributed by atoms with Gasteiger partial charge in [-0.05, 0) is 43.1 Å². The highest BCUT2D eigenvalue weighted by molar-refractivity contribution is 4.95. The van der Waals surface area contributed by atoms with Crippen LogP contribution in [0.15, 0.2) is 43.1 Å². The molecule has 0 aliphatic carbocycles. The van der Waals surface area contributed by atoms with Crippen molar-refractivity contribution in [1.29, 1.82) is 0 Å². The molecule has 0 saturated heterocycles. The highest BCUT2D eigenvalue weighted by atomic mass is 15.1. The van der Waals surface area contributed by atoms with Crippen LogP contribution in [0.3, 0.4) is 0 Å². The van der Waals surface area contributed by atoms with Crippen LogP contribution in [0, 0.1) is 5.41 Å². The summed E-state index contributed by atoms with van der Waals surface area (Å²) in [4.78, 5) is 2.77. The summed E-state index contributed by atoms with van der Waals surface area (Å²) in [5.41, 5.74) is 8.48. The van der Waals surface area contributed by atoms with E-state index >= 15 is 0 Å². The highest BCUT2D eigenvalue weighted by Crippen LogP contribution is 2.38. The van der Waals surface area contributed by atoms with Crippen molar-refractivity contribution in [1.82, 2.24) is 0 Å². The van der Waals surface area contributed by atoms with E-state index in [9.17, 15) is 0 Å². The highest BCUT2D eigenvalue weighted by Gasteiger charge is 2.25. The topological polar surface area (TPSA) is 48.8 Å². The van der Waals surface area contributed by atoms with Gasteiger partial charge in [-0.2, -0.15) is 0 Å². The number of azide groups is 1. The van der Waals surface area contributed by atoms with Crippen molar-refractivity contribution in [2.45, 2.75) is 70.6 Å². The van der Waals surface area contributed by atoms with Crippen LogP contribution in [0.25, 0.3) is 10.4 Å². The number of rotatable bonds is 16. The van der Waals surface area contributed by atoms with Crippen LogP contribution in [0.5, 0.6) is 0 Å². The number of nitrogens with zero attached hydrogens (tertiary/aromatic N) is 3. The largest absolute Gasteiger partial charge is 0.103 e. The summed E-state index contributed by atoms with van der Waals surface area (Å²) >= 11 is 0. The van der Waals surface area contributed by atoms with E-state index in [1.54, 1.807) is 0 Å². The first-order valence-electron chi connectivity index (χ1n) is 8.58. The zero-order valence-corrected chi connectivity index (χ0v) is 14.2. The lowest BCUT2D eigenvalue weighted by molar-refractivity contribution is 0.260. The third-order valence-electron chi connectivity index (χ3n) is 4.26. The molecule has 0 aliphatic heterocycles. The molecule has 0 aromatic heterocycles. The molecule has 0 aliphatic rings. The molecule has 0 aromatic carbocycles. The summed E-state index contributed by atoms with van der Waals surface area (Å²) in [5.74, 6) is 0. The lowest BCUT2D eigenvalue weighted by Gasteiger charge is -2.31. The standard InChI is InChI=1S/C19H33N3/c1-4-14-19(15-5-2,16-6-3)17-12-10-8-7-9-11-13-18-21-22-20/h4-6H,1-3,7-18H2. The minimum Gasteiger partial charge on any atom is -0.103 e. The average molecular weight is 303 g/mol. The molecule has 3 nitrogen and oxygen atoms in total. The Kier molecular flexibility index (Phi) is 13.5. The molecular formula is C19H33N3. The second-order valence-electron chi connectivity index (χ2n) is 6.16. The maximum absolute atomic E-state index is 8.19. The maximum atomic E-state index is 8.19. The quantitative estimate of drug-likeness (QED) is 0.0957. The summed E-state index contributed by atoms with van der Waals surface area (Å²) in [6, 6.07) is 0. The molecule has 124 valence electrons. The zero-order valence-electron chi connectivity index (χ0n) is 14.2. The predicted octanol–water partition coefficient (Wildman–Crippen LogP) is 7.13. The Morgan fingerprint density at radius 1 is 0.773 bits per heavy atom. The molecule has 0 atom stereocenters. The SMILES string of the molecule is C=CCC(CC=C)(CC=C)CCCCCCCCCN=[N+]=[N-]. The Morgan fingerprint density at radius 3 is 1.68 bits per heavy atom. The maximum Gasteiger partial charge on any atom is 0.0257 e. The Hall–Kier alpha value is -1.47. The van der Waals surface area contributed by atoms with Crippen molar-refractivity contribution < 1.29 is 0 Å². The summed E-state index contributed by atoms with van der Waals surface area (Å²) in [6.07, 6.45) is 19.1. The van der Waals surface area contributed by atoms with Crippen molar-refractivity contribution in [2.75, 3.05) is 6.54 Å². The fourth-order valence-electron chi connectivity index (χ4n) is 3.09. The van der Waals surface area contributed by atoms with Gasteiger partial charge in [0.25, 0.3) is 0 Å². The van der Waals surface area contributed by atoms with E-state index in [1.165, 1.54) is 44.9 Å². The minimum absolute atomic E-state index is 0.292. The summed E-state index contributed by atoms with van der Waals surface area (Å²) < 4.78 is 0. The Labute approximate surface area is 136 Å². The van der Waals surface area contributed by atoms with E-state index in [2.05, 4.69) is 29.8 Å². The van der Waals surface area contributed by atoms with Crippen molar-refractivity contribution in [3.05, 3.63) is 48.4 Å². The van der Waals surface area contributed by atoms with Crippen LogP contribution >= 0.6 is 0 Å². The molecule has 0 bridgehead atoms. The van der Waals surface area contributed by atoms with E-state index in [4.69, 9.17) is 5.53 Å². The molecule has 0 saturated carbocycles. The van der Waals surface area contributed by atoms with Crippen LogP contribution in [-0.4, -0.2) is 6.54 Å². The van der Waals surface area contributed by atoms with Gasteiger partial charge < -0.3 is 0 Å². The van der Waals surface area contributed by atoms with Crippen molar-refractivity contribution >= 4 is 0 Å². The smallest absolute Gasteiger partial charge is 0.0257 e. The lowest BCUT2D eigenvalue weighted by Crippen LogP contribution is -2.18. The van der Waals surface area contributed by atoms with Gasteiger partial charge in [-0.3, -0.25) is 0 Å². The first-order chi connectivity index (χ1) is 10.7. The van der Waals surface area contributed by atoms with Gasteiger partial charge in [0.1, 0.15) is 0 Å². The van der Waals surface area contributed by atoms with Crippen LogP contribution < -0.4 is 0 Å². The number of unbranched alkanes of at least 4 members (excludes halogenated alkanes) is 6. The predicted molar refractivity (Wildman–Crippen MR) is 97.8 cm³/mol. The van der Waals surface area contributed by atoms with Crippen LogP contribution in [0.1, 0.15) is 70.6 Å². The molecule has 0 N–H and O–H groups in total. The van der Waals surface area contributed by atoms with Gasteiger partial charge >= 0.3 is 0 Å². The fourth-order valence-corrected chi connectivity index (χ4v) is 3.09. The number of allylic oxidation sites excluding steroid dienone is 3. The molecular weight excluding hydrogens is 270 g/mol. The third kappa shape index (κ3) is 10.3. The monoisotopic (exact) mass is 303 g/mol. The average Bonchev–Trinajstić information content (AvgIpc) is 2.50. The number of hydrogen-bond donors (Lipinski definition) is 0. The second kappa shape index (κ2) is 14.5. The van der Waals surface area contributed by atoms with E-state index in [0.717, 1.165) is 25.7 Å². The van der Waals surface area contributed by atoms with E-state index in [-0.39, 0.29) is 0 Å². The molecule has 0 rings (SSSR count). The molecule has 3 heteroatoms. The van der Waals surface area contributed by atoms with Crippen LogP contribution in [-0.2, 0) is 0 Å². The van der Waals surface area contributed by atoms with Crippen molar-refractivity contribution in [2.24, 2.45) is 10.5 Å². The van der Waals surface area contributed by atoms with Gasteiger partial charge in [-0.15, -0.1) is 19.7 Å². The first kappa shape index (κ1) is 20.5. The molecule has 0 radical (unpaired) electrons. The van der Waals surface area contributed by atoms with Crippen LogP contribution in [0.4, 0.5) is 0 Å². The molecule has 0 spiro atoms. The van der Waals surface area contributed by atoms with E-state index in [1.807, 2.05) is 18.2 Å². The second-order valence-corrected chi connectivity index (χ2v) is 6.16. The normalized spacial score (nSPS) is 10.7. The Morgan fingerprint density at radius 2 is 1.23 bits per heavy atom. The Balaban J connectivity index is 3.83. The van der Waals surface area contributed by atoms with Crippen molar-refractivity contribution in [3.8, 4) is 0 Å².